The van der Waals surface area contributed by atoms with E-state index in [1.807, 2.05) is 0 Å². The van der Waals surface area contributed by atoms with Gasteiger partial charge in [0, 0.05) is 19.3 Å². The highest BCUT2D eigenvalue weighted by Crippen LogP contribution is 2.36. The smallest absolute Gasteiger partial charge is 0.0944 e. The number of hydrogen-bond donors (Lipinski definition) is 1. The molecule has 0 aromatic carbocycles. The fourth-order valence-corrected chi connectivity index (χ4v) is 2.85. The van der Waals surface area contributed by atoms with E-state index in [0.717, 1.165) is 13.1 Å². The van der Waals surface area contributed by atoms with Crippen LogP contribution in [0.1, 0.15) is 44.9 Å². The van der Waals surface area contributed by atoms with Crippen LogP contribution in [-0.2, 0) is 0 Å². The average Bonchev–Trinajstić information content (AvgIpc) is 2.54. The number of nitrogens with one attached hydrogen (secondary N) is 1. The van der Waals surface area contributed by atoms with E-state index in [1.165, 1.54) is 58.0 Å². The molecule has 0 spiro atoms. The summed E-state index contributed by atoms with van der Waals surface area (Å²) in [5, 5.41) is 14.6. The third kappa shape index (κ3) is 2.92. The van der Waals surface area contributed by atoms with E-state index >= 15 is 0 Å². The van der Waals surface area contributed by atoms with Crippen molar-refractivity contribution in [3.8, 4) is 0 Å². The molecule has 0 saturated carbocycles. The van der Waals surface area contributed by atoms with Gasteiger partial charge in [0.2, 0.25) is 0 Å². The van der Waals surface area contributed by atoms with Gasteiger partial charge in [0.25, 0.3) is 0 Å². The lowest BCUT2D eigenvalue weighted by Gasteiger charge is -2.52. The van der Waals surface area contributed by atoms with Crippen LogP contribution in [0.3, 0.4) is 0 Å². The molecule has 3 heteroatoms. The largest absolute Gasteiger partial charge is 0.633 e. The van der Waals surface area contributed by atoms with Gasteiger partial charge >= 0.3 is 0 Å². The van der Waals surface area contributed by atoms with Crippen LogP contribution in [0.5, 0.6) is 0 Å². The summed E-state index contributed by atoms with van der Waals surface area (Å²) >= 11 is 0. The topological polar surface area (TPSA) is 35.1 Å². The predicted octanol–water partition coefficient (Wildman–Crippen LogP) is 2.02. The van der Waals surface area contributed by atoms with Gasteiger partial charge < -0.3 is 15.2 Å². The minimum Gasteiger partial charge on any atom is -0.633 e. The Morgan fingerprint density at radius 2 is 1.60 bits per heavy atom. The zero-order valence-corrected chi connectivity index (χ0v) is 9.71. The van der Waals surface area contributed by atoms with Crippen molar-refractivity contribution < 1.29 is 4.65 Å². The van der Waals surface area contributed by atoms with Crippen molar-refractivity contribution in [2.75, 3.05) is 26.2 Å². The van der Waals surface area contributed by atoms with E-state index in [4.69, 9.17) is 0 Å². The number of quaternary nitrogens is 1. The summed E-state index contributed by atoms with van der Waals surface area (Å²) in [5.74, 6) is 0. The SMILES string of the molecule is C1CCCNCC1.[O-][N+]12CCCC1CC2. The average molecular weight is 212 g/mol. The van der Waals surface area contributed by atoms with Crippen molar-refractivity contribution in [1.29, 1.82) is 0 Å². The lowest BCUT2D eigenvalue weighted by molar-refractivity contribution is -0.932. The molecule has 2 unspecified atom stereocenters. The summed E-state index contributed by atoms with van der Waals surface area (Å²) in [5.41, 5.74) is 0. The third-order valence-corrected chi connectivity index (χ3v) is 4.04. The molecule has 0 radical (unpaired) electrons. The van der Waals surface area contributed by atoms with Crippen molar-refractivity contribution in [2.45, 2.75) is 51.0 Å². The molecule has 3 rings (SSSR count). The fourth-order valence-electron chi connectivity index (χ4n) is 2.85. The van der Waals surface area contributed by atoms with Crippen molar-refractivity contribution in [3.05, 3.63) is 5.21 Å². The molecule has 0 amide bonds. The number of rotatable bonds is 0. The standard InChI is InChI=1S/C6H11NO.C6H13N/c8-7-4-1-2-6(7)3-5-7;1-2-4-6-7-5-3-1/h6H,1-5H2;7H,1-6H2. The molecule has 0 aromatic rings. The summed E-state index contributed by atoms with van der Waals surface area (Å²) < 4.78 is 0.167. The summed E-state index contributed by atoms with van der Waals surface area (Å²) in [7, 11) is 0. The van der Waals surface area contributed by atoms with Crippen LogP contribution in [0.15, 0.2) is 0 Å². The van der Waals surface area contributed by atoms with Crippen LogP contribution >= 0.6 is 0 Å². The second kappa shape index (κ2) is 5.28. The number of hydroxylamine groups is 3. The maximum atomic E-state index is 11.3. The zero-order chi connectivity index (χ0) is 10.6. The van der Waals surface area contributed by atoms with Crippen molar-refractivity contribution in [2.24, 2.45) is 0 Å². The molecule has 3 aliphatic rings. The second-order valence-electron chi connectivity index (χ2n) is 5.15. The molecule has 0 aromatic heterocycles. The molecule has 0 bridgehead atoms. The van der Waals surface area contributed by atoms with E-state index < -0.39 is 0 Å². The van der Waals surface area contributed by atoms with Crippen molar-refractivity contribution in [1.82, 2.24) is 5.32 Å². The van der Waals surface area contributed by atoms with Crippen LogP contribution in [0.25, 0.3) is 0 Å². The van der Waals surface area contributed by atoms with Crippen LogP contribution in [0.4, 0.5) is 0 Å². The van der Waals surface area contributed by atoms with E-state index in [2.05, 4.69) is 5.32 Å². The van der Waals surface area contributed by atoms with Gasteiger partial charge in [0.05, 0.1) is 19.1 Å². The first-order valence-corrected chi connectivity index (χ1v) is 6.60. The summed E-state index contributed by atoms with van der Waals surface area (Å²) in [4.78, 5) is 0. The highest BCUT2D eigenvalue weighted by Gasteiger charge is 2.42. The van der Waals surface area contributed by atoms with Crippen LogP contribution in [-0.4, -0.2) is 36.9 Å². The van der Waals surface area contributed by atoms with E-state index in [-0.39, 0.29) is 4.65 Å². The Morgan fingerprint density at radius 3 is 2.00 bits per heavy atom. The van der Waals surface area contributed by atoms with Gasteiger partial charge in [-0.05, 0) is 25.9 Å². The lowest BCUT2D eigenvalue weighted by Crippen LogP contribution is -2.56. The number of fused-ring (bicyclic) bond motifs is 1. The monoisotopic (exact) mass is 212 g/mol. The van der Waals surface area contributed by atoms with Crippen LogP contribution < -0.4 is 5.32 Å². The van der Waals surface area contributed by atoms with Gasteiger partial charge in [0.1, 0.15) is 0 Å². The maximum absolute atomic E-state index is 11.3. The first-order valence-electron chi connectivity index (χ1n) is 6.60. The molecule has 3 heterocycles. The minimum atomic E-state index is 0.167. The first kappa shape index (κ1) is 11.4. The first-order chi connectivity index (χ1) is 7.31. The molecule has 3 nitrogen and oxygen atoms in total. The van der Waals surface area contributed by atoms with Gasteiger partial charge in [-0.3, -0.25) is 0 Å². The Kier molecular flexibility index (Phi) is 4.00. The Balaban J connectivity index is 0.000000115. The summed E-state index contributed by atoms with van der Waals surface area (Å²) in [6.45, 7) is 4.31. The molecule has 3 fully saturated rings. The molecule has 3 saturated heterocycles. The van der Waals surface area contributed by atoms with E-state index in [1.54, 1.807) is 0 Å². The quantitative estimate of drug-likeness (QED) is 0.492. The van der Waals surface area contributed by atoms with Gasteiger partial charge in [0.15, 0.2) is 0 Å². The molecular weight excluding hydrogens is 188 g/mol. The molecule has 2 atom stereocenters. The molecule has 15 heavy (non-hydrogen) atoms. The van der Waals surface area contributed by atoms with Crippen LogP contribution in [0, 0.1) is 5.21 Å². The molecular formula is C12H24N2O. The summed E-state index contributed by atoms with van der Waals surface area (Å²) in [6.07, 6.45) is 9.22. The predicted molar refractivity (Wildman–Crippen MR) is 62.3 cm³/mol. The number of nitrogens with zero attached hydrogens (tertiary/aromatic N) is 1. The van der Waals surface area contributed by atoms with Crippen molar-refractivity contribution >= 4 is 0 Å². The molecule has 0 aliphatic carbocycles. The highest BCUT2D eigenvalue weighted by atomic mass is 16.6. The molecule has 88 valence electrons. The van der Waals surface area contributed by atoms with Crippen molar-refractivity contribution in [3.63, 3.8) is 0 Å². The normalized spacial score (nSPS) is 39.4. The Morgan fingerprint density at radius 1 is 0.867 bits per heavy atom. The Hall–Kier alpha value is -0.120. The van der Waals surface area contributed by atoms with Crippen LogP contribution in [0.2, 0.25) is 0 Å². The van der Waals surface area contributed by atoms with Gasteiger partial charge in [-0.25, -0.2) is 0 Å². The van der Waals surface area contributed by atoms with E-state index in [9.17, 15) is 5.21 Å². The number of hydrogen-bond acceptors (Lipinski definition) is 2. The Labute approximate surface area is 93.0 Å². The molecule has 3 aliphatic heterocycles. The fraction of sp³-hybridized carbons (Fsp3) is 1.00. The third-order valence-electron chi connectivity index (χ3n) is 4.04. The highest BCUT2D eigenvalue weighted by molar-refractivity contribution is 4.76. The zero-order valence-electron chi connectivity index (χ0n) is 9.71. The van der Waals surface area contributed by atoms with Gasteiger partial charge in [-0.15, -0.1) is 0 Å². The lowest BCUT2D eigenvalue weighted by atomic mass is 10.0. The molecule has 1 N–H and O–H groups in total. The maximum Gasteiger partial charge on any atom is 0.0944 e. The summed E-state index contributed by atoms with van der Waals surface area (Å²) in [6, 6.07) is 0.523. The van der Waals surface area contributed by atoms with Gasteiger partial charge in [-0.1, -0.05) is 12.8 Å². The van der Waals surface area contributed by atoms with E-state index in [0.29, 0.717) is 6.04 Å². The Bertz CT molecular complexity index is 178. The minimum absolute atomic E-state index is 0.167. The second-order valence-corrected chi connectivity index (χ2v) is 5.15. The van der Waals surface area contributed by atoms with Gasteiger partial charge in [-0.2, -0.15) is 0 Å².